The van der Waals surface area contributed by atoms with Crippen LogP contribution in [-0.2, 0) is 14.3 Å². The average Bonchev–Trinajstić information content (AvgIpc) is 3.07. The van der Waals surface area contributed by atoms with Gasteiger partial charge in [0.25, 0.3) is 0 Å². The van der Waals surface area contributed by atoms with Crippen LogP contribution in [-0.4, -0.2) is 25.6 Å². The molecule has 1 aliphatic carbocycles. The Labute approximate surface area is 161 Å². The summed E-state index contributed by atoms with van der Waals surface area (Å²) in [6.07, 6.45) is 2.53. The summed E-state index contributed by atoms with van der Waals surface area (Å²) in [4.78, 5) is 23.6. The van der Waals surface area contributed by atoms with Crippen molar-refractivity contribution in [2.75, 3.05) is 13.7 Å². The number of methoxy groups -OCH3 is 1. The molecule has 0 amide bonds. The van der Waals surface area contributed by atoms with Crippen LogP contribution in [0.5, 0.6) is 5.75 Å². The topological polar surface area (TPSA) is 64.6 Å². The van der Waals surface area contributed by atoms with Crippen LogP contribution in [0.15, 0.2) is 40.7 Å². The average molecular weight is 394 g/mol. The molecule has 0 spiro atoms. The van der Waals surface area contributed by atoms with Crippen molar-refractivity contribution in [2.24, 2.45) is 0 Å². The molecule has 1 N–H and O–H groups in total. The summed E-state index contributed by atoms with van der Waals surface area (Å²) >= 11 is 12.6. The molecule has 1 atom stereocenters. The predicted molar refractivity (Wildman–Crippen MR) is 99.1 cm³/mol. The Kier molecular flexibility index (Phi) is 5.42. The van der Waals surface area contributed by atoms with Crippen LogP contribution in [0.4, 0.5) is 0 Å². The summed E-state index contributed by atoms with van der Waals surface area (Å²) < 4.78 is 10.6. The lowest BCUT2D eigenvalue weighted by atomic mass is 9.93. The maximum Gasteiger partial charge on any atom is 0.339 e. The van der Waals surface area contributed by atoms with Gasteiger partial charge in [-0.3, -0.25) is 0 Å². The molecule has 1 aromatic rings. The van der Waals surface area contributed by atoms with Crippen LogP contribution in [0.3, 0.4) is 0 Å². The number of hydrogen-bond donors (Lipinski definition) is 1. The first-order chi connectivity index (χ1) is 12.5. The molecule has 2 aliphatic rings. The highest BCUT2D eigenvalue weighted by atomic mass is 35.5. The van der Waals surface area contributed by atoms with E-state index in [1.165, 1.54) is 6.20 Å². The van der Waals surface area contributed by atoms with E-state index < -0.39 is 5.97 Å². The Balaban J connectivity index is 2.02. The second-order valence-electron chi connectivity index (χ2n) is 5.94. The van der Waals surface area contributed by atoms with E-state index in [-0.39, 0.29) is 12.5 Å². The van der Waals surface area contributed by atoms with Crippen molar-refractivity contribution in [1.29, 1.82) is 0 Å². The third kappa shape index (κ3) is 3.14. The standard InChI is InChI=1S/C19H17Cl2NO4/c1-3-26-19(24)13-8-22-15(9-23)12-7-10(6-11(12)13)17-16(25-2)5-4-14(20)18(17)21/h4-5,8,10,22H,3,6-7H2,1-2H3. The molecular weight excluding hydrogens is 377 g/mol. The predicted octanol–water partition coefficient (Wildman–Crippen LogP) is 3.94. The Morgan fingerprint density at radius 3 is 2.69 bits per heavy atom. The van der Waals surface area contributed by atoms with Crippen molar-refractivity contribution in [3.8, 4) is 5.75 Å². The molecule has 0 bridgehead atoms. The number of allylic oxidation sites excluding steroid dienone is 1. The van der Waals surface area contributed by atoms with E-state index in [0.717, 1.165) is 16.7 Å². The van der Waals surface area contributed by atoms with Crippen LogP contribution in [0, 0.1) is 0 Å². The minimum atomic E-state index is -0.428. The maximum atomic E-state index is 12.3. The Morgan fingerprint density at radius 2 is 2.04 bits per heavy atom. The van der Waals surface area contributed by atoms with E-state index in [1.54, 1.807) is 26.2 Å². The Hall–Kier alpha value is -2.20. The summed E-state index contributed by atoms with van der Waals surface area (Å²) in [6.45, 7) is 2.02. The van der Waals surface area contributed by atoms with Gasteiger partial charge in [-0.25, -0.2) is 9.59 Å². The molecule has 1 aliphatic heterocycles. The van der Waals surface area contributed by atoms with Crippen LogP contribution in [0.1, 0.15) is 31.2 Å². The molecular formula is C19H17Cl2NO4. The number of carbonyl (C=O) groups excluding carboxylic acids is 2. The number of rotatable bonds is 4. The molecule has 136 valence electrons. The minimum Gasteiger partial charge on any atom is -0.496 e. The van der Waals surface area contributed by atoms with Crippen molar-refractivity contribution in [1.82, 2.24) is 5.32 Å². The zero-order chi connectivity index (χ0) is 18.8. The number of nitrogens with one attached hydrogen (secondary N) is 1. The summed E-state index contributed by atoms with van der Waals surface area (Å²) in [6, 6.07) is 3.44. The SMILES string of the molecule is CCOC(=O)C1=CNC(=C=O)C2=C1CC(c1c(OC)ccc(Cl)c1Cl)C2. The first-order valence-corrected chi connectivity index (χ1v) is 8.90. The van der Waals surface area contributed by atoms with Crippen molar-refractivity contribution in [3.63, 3.8) is 0 Å². The lowest BCUT2D eigenvalue weighted by Crippen LogP contribution is -2.20. The van der Waals surface area contributed by atoms with Crippen molar-refractivity contribution in [2.45, 2.75) is 25.7 Å². The highest BCUT2D eigenvalue weighted by molar-refractivity contribution is 6.42. The van der Waals surface area contributed by atoms with Crippen molar-refractivity contribution >= 4 is 35.1 Å². The lowest BCUT2D eigenvalue weighted by molar-refractivity contribution is -0.138. The lowest BCUT2D eigenvalue weighted by Gasteiger charge is -2.18. The number of halogens is 2. The smallest absolute Gasteiger partial charge is 0.339 e. The second kappa shape index (κ2) is 7.58. The van der Waals surface area contributed by atoms with Gasteiger partial charge in [0.2, 0.25) is 0 Å². The number of benzene rings is 1. The summed E-state index contributed by atoms with van der Waals surface area (Å²) in [5, 5.41) is 3.69. The fourth-order valence-electron chi connectivity index (χ4n) is 3.45. The third-order valence-electron chi connectivity index (χ3n) is 4.57. The van der Waals surface area contributed by atoms with Gasteiger partial charge in [-0.15, -0.1) is 0 Å². The molecule has 7 heteroatoms. The molecule has 0 fully saturated rings. The van der Waals surface area contributed by atoms with E-state index in [1.807, 2.05) is 5.94 Å². The first-order valence-electron chi connectivity index (χ1n) is 8.15. The molecule has 1 unspecified atom stereocenters. The van der Waals surface area contributed by atoms with Crippen molar-refractivity contribution < 1.29 is 19.1 Å². The van der Waals surface area contributed by atoms with Gasteiger partial charge in [-0.2, -0.15) is 0 Å². The number of esters is 1. The molecule has 1 aromatic carbocycles. The zero-order valence-corrected chi connectivity index (χ0v) is 15.8. The molecule has 0 radical (unpaired) electrons. The number of hydrogen-bond acceptors (Lipinski definition) is 5. The van der Waals surface area contributed by atoms with Crippen LogP contribution in [0.25, 0.3) is 0 Å². The monoisotopic (exact) mass is 393 g/mol. The molecule has 3 rings (SSSR count). The largest absolute Gasteiger partial charge is 0.496 e. The quantitative estimate of drug-likeness (QED) is 0.619. The molecule has 5 nitrogen and oxygen atoms in total. The Morgan fingerprint density at radius 1 is 1.31 bits per heavy atom. The van der Waals surface area contributed by atoms with E-state index in [9.17, 15) is 9.59 Å². The summed E-state index contributed by atoms with van der Waals surface area (Å²) in [5.41, 5.74) is 3.02. The number of carbonyl (C=O) groups is 1. The van der Waals surface area contributed by atoms with Crippen LogP contribution < -0.4 is 10.1 Å². The van der Waals surface area contributed by atoms with E-state index in [2.05, 4.69) is 5.32 Å². The third-order valence-corrected chi connectivity index (χ3v) is 5.39. The molecule has 0 aromatic heterocycles. The second-order valence-corrected chi connectivity index (χ2v) is 6.72. The Bertz CT molecular complexity index is 882. The number of ether oxygens (including phenoxy) is 2. The maximum absolute atomic E-state index is 12.3. The highest BCUT2D eigenvalue weighted by Gasteiger charge is 2.37. The van der Waals surface area contributed by atoms with E-state index in [4.69, 9.17) is 32.7 Å². The van der Waals surface area contributed by atoms with Crippen LogP contribution in [0.2, 0.25) is 10.0 Å². The van der Waals surface area contributed by atoms with Gasteiger partial charge in [-0.05, 0) is 49.0 Å². The van der Waals surface area contributed by atoms with Gasteiger partial charge in [0.15, 0.2) is 5.94 Å². The molecule has 0 saturated heterocycles. The fourth-order valence-corrected chi connectivity index (χ4v) is 3.92. The van der Waals surface area contributed by atoms with Gasteiger partial charge in [0, 0.05) is 11.8 Å². The summed E-state index contributed by atoms with van der Waals surface area (Å²) in [5.74, 6) is 2.02. The zero-order valence-electron chi connectivity index (χ0n) is 14.3. The first kappa shape index (κ1) is 18.6. The van der Waals surface area contributed by atoms with Gasteiger partial charge in [-0.1, -0.05) is 23.2 Å². The van der Waals surface area contributed by atoms with Gasteiger partial charge in [0.05, 0.1) is 29.3 Å². The van der Waals surface area contributed by atoms with Crippen LogP contribution >= 0.6 is 23.2 Å². The van der Waals surface area contributed by atoms with Crippen molar-refractivity contribution in [3.05, 3.63) is 56.4 Å². The fraction of sp³-hybridized carbons (Fsp3) is 0.316. The van der Waals surface area contributed by atoms with Gasteiger partial charge in [0.1, 0.15) is 11.4 Å². The normalized spacial score (nSPS) is 18.7. The minimum absolute atomic E-state index is 0.0813. The molecule has 26 heavy (non-hydrogen) atoms. The van der Waals surface area contributed by atoms with E-state index in [0.29, 0.717) is 39.9 Å². The number of dihydropyridines is 1. The van der Waals surface area contributed by atoms with Gasteiger partial charge < -0.3 is 14.8 Å². The molecule has 1 heterocycles. The highest BCUT2D eigenvalue weighted by Crippen LogP contribution is 2.50. The van der Waals surface area contributed by atoms with E-state index >= 15 is 0 Å². The van der Waals surface area contributed by atoms with Gasteiger partial charge >= 0.3 is 5.97 Å². The molecule has 0 saturated carbocycles. The summed E-state index contributed by atoms with van der Waals surface area (Å²) in [7, 11) is 1.56.